The maximum absolute atomic E-state index is 12.0. The van der Waals surface area contributed by atoms with Gasteiger partial charge in [0, 0.05) is 35.8 Å². The van der Waals surface area contributed by atoms with Crippen molar-refractivity contribution < 1.29 is 8.95 Å². The van der Waals surface area contributed by atoms with Gasteiger partial charge >= 0.3 is 0 Å². The molecule has 0 spiro atoms. The van der Waals surface area contributed by atoms with Crippen molar-refractivity contribution in [2.75, 3.05) is 19.0 Å². The van der Waals surface area contributed by atoms with Crippen LogP contribution < -0.4 is 5.32 Å². The summed E-state index contributed by atoms with van der Waals surface area (Å²) in [7, 11) is -0.879. The van der Waals surface area contributed by atoms with Crippen molar-refractivity contribution in [1.29, 1.82) is 0 Å². The van der Waals surface area contributed by atoms with Gasteiger partial charge in [0.15, 0.2) is 0 Å². The minimum absolute atomic E-state index is 0.0400. The lowest BCUT2D eigenvalue weighted by Gasteiger charge is -2.29. The molecule has 0 amide bonds. The Hall–Kier alpha value is -0.460. The molecule has 3 unspecified atom stereocenters. The Labute approximate surface area is 114 Å². The van der Waals surface area contributed by atoms with Gasteiger partial charge in [0.1, 0.15) is 11.1 Å². The number of aliphatic imine (C=N–C) groups is 2. The third-order valence-electron chi connectivity index (χ3n) is 3.58. The number of nitrogens with zero attached hydrogens (tertiary/aromatic N) is 2. The number of amidine groups is 2. The smallest absolute Gasteiger partial charge is 0.219 e. The molecule has 0 radical (unpaired) electrons. The Kier molecular flexibility index (Phi) is 3.68. The van der Waals surface area contributed by atoms with Crippen LogP contribution in [0.4, 0.5) is 0 Å². The van der Waals surface area contributed by atoms with Gasteiger partial charge in [0.2, 0.25) is 5.29 Å². The van der Waals surface area contributed by atoms with E-state index in [9.17, 15) is 4.21 Å². The maximum atomic E-state index is 12.0. The Bertz CT molecular complexity index is 421. The lowest BCUT2D eigenvalue weighted by Crippen LogP contribution is -2.48. The first-order chi connectivity index (χ1) is 8.74. The zero-order valence-electron chi connectivity index (χ0n) is 9.97. The Morgan fingerprint density at radius 2 is 2.11 bits per heavy atom. The highest BCUT2D eigenvalue weighted by molar-refractivity contribution is 7.86. The molecule has 0 aromatic carbocycles. The van der Waals surface area contributed by atoms with E-state index in [0.717, 1.165) is 38.3 Å². The Balaban J connectivity index is 1.76. The molecule has 0 aromatic heterocycles. The molecule has 7 heteroatoms. The second-order valence-electron chi connectivity index (χ2n) is 4.79. The molecule has 3 aliphatic rings. The zero-order valence-corrected chi connectivity index (χ0v) is 11.5. The molecule has 18 heavy (non-hydrogen) atoms. The summed E-state index contributed by atoms with van der Waals surface area (Å²) < 4.78 is 17.3. The highest BCUT2D eigenvalue weighted by atomic mass is 35.5. The molecule has 3 rings (SSSR count). The van der Waals surface area contributed by atoms with E-state index in [2.05, 4.69) is 15.3 Å². The van der Waals surface area contributed by atoms with Gasteiger partial charge in [-0.2, -0.15) is 0 Å². The van der Waals surface area contributed by atoms with Crippen molar-refractivity contribution >= 4 is 33.5 Å². The van der Waals surface area contributed by atoms with Gasteiger partial charge in [-0.3, -0.25) is 9.20 Å². The van der Waals surface area contributed by atoms with Crippen LogP contribution in [0.25, 0.3) is 0 Å². The summed E-state index contributed by atoms with van der Waals surface area (Å²) in [6, 6.07) is 0.386. The SMILES string of the molecule is O=S1CCC2N=C(Cl)N=C(NC3CCOCC3)C21. The van der Waals surface area contributed by atoms with Crippen molar-refractivity contribution in [3.63, 3.8) is 0 Å². The van der Waals surface area contributed by atoms with Gasteiger partial charge in [-0.05, 0) is 30.9 Å². The Morgan fingerprint density at radius 1 is 1.33 bits per heavy atom. The third kappa shape index (κ3) is 2.46. The molecule has 0 aliphatic carbocycles. The van der Waals surface area contributed by atoms with Crippen LogP contribution in [0.3, 0.4) is 0 Å². The number of hydrogen-bond donors (Lipinski definition) is 1. The highest BCUT2D eigenvalue weighted by Crippen LogP contribution is 2.25. The molecule has 3 atom stereocenters. The minimum atomic E-state index is -0.879. The second kappa shape index (κ2) is 5.27. The highest BCUT2D eigenvalue weighted by Gasteiger charge is 2.40. The molecule has 0 bridgehead atoms. The second-order valence-corrected chi connectivity index (χ2v) is 6.80. The van der Waals surface area contributed by atoms with Gasteiger partial charge in [-0.25, -0.2) is 4.99 Å². The fourth-order valence-corrected chi connectivity index (χ4v) is 4.48. The molecule has 0 aromatic rings. The van der Waals surface area contributed by atoms with Crippen molar-refractivity contribution in [1.82, 2.24) is 5.32 Å². The minimum Gasteiger partial charge on any atom is -0.381 e. The molecular formula is C11H16ClN3O2S. The number of halogens is 1. The van der Waals surface area contributed by atoms with Crippen LogP contribution in [0.1, 0.15) is 19.3 Å². The van der Waals surface area contributed by atoms with Crippen LogP contribution in [-0.2, 0) is 15.5 Å². The number of hydrogen-bond acceptors (Lipinski definition) is 5. The van der Waals surface area contributed by atoms with Crippen LogP contribution >= 0.6 is 11.6 Å². The van der Waals surface area contributed by atoms with Crippen LogP contribution in [0.5, 0.6) is 0 Å². The summed E-state index contributed by atoms with van der Waals surface area (Å²) in [6.07, 6.45) is 2.75. The average molecular weight is 290 g/mol. The van der Waals surface area contributed by atoms with Crippen molar-refractivity contribution in [3.05, 3.63) is 0 Å². The third-order valence-corrected chi connectivity index (χ3v) is 5.50. The molecule has 2 saturated heterocycles. The van der Waals surface area contributed by atoms with E-state index in [1.807, 2.05) is 0 Å². The maximum Gasteiger partial charge on any atom is 0.219 e. The summed E-state index contributed by atoms with van der Waals surface area (Å²) in [5.41, 5.74) is 0. The monoisotopic (exact) mass is 289 g/mol. The number of nitrogens with one attached hydrogen (secondary N) is 1. The van der Waals surface area contributed by atoms with Gasteiger partial charge in [0.05, 0.1) is 6.04 Å². The topological polar surface area (TPSA) is 63.0 Å². The summed E-state index contributed by atoms with van der Waals surface area (Å²) in [6.45, 7) is 1.54. The number of fused-ring (bicyclic) bond motifs is 1. The van der Waals surface area contributed by atoms with Crippen LogP contribution in [0.2, 0.25) is 0 Å². The normalized spacial score (nSPS) is 36.8. The lowest BCUT2D eigenvalue weighted by molar-refractivity contribution is 0.0823. The van der Waals surface area contributed by atoms with E-state index in [0.29, 0.717) is 11.8 Å². The van der Waals surface area contributed by atoms with Gasteiger partial charge in [-0.15, -0.1) is 0 Å². The van der Waals surface area contributed by atoms with Gasteiger partial charge < -0.3 is 10.1 Å². The van der Waals surface area contributed by atoms with E-state index >= 15 is 0 Å². The molecule has 0 saturated carbocycles. The summed E-state index contributed by atoms with van der Waals surface area (Å²) in [5, 5.41) is 3.60. The summed E-state index contributed by atoms with van der Waals surface area (Å²) in [5.74, 6) is 1.46. The summed E-state index contributed by atoms with van der Waals surface area (Å²) in [4.78, 5) is 8.53. The number of rotatable bonds is 1. The molecule has 5 nitrogen and oxygen atoms in total. The predicted octanol–water partition coefficient (Wildman–Crippen LogP) is 0.651. The fourth-order valence-electron chi connectivity index (χ4n) is 2.62. The fraction of sp³-hybridized carbons (Fsp3) is 0.818. The largest absolute Gasteiger partial charge is 0.381 e. The van der Waals surface area contributed by atoms with Crippen molar-refractivity contribution in [3.8, 4) is 0 Å². The first kappa shape index (κ1) is 12.6. The predicted molar refractivity (Wildman–Crippen MR) is 72.9 cm³/mol. The van der Waals surface area contributed by atoms with E-state index in [-0.39, 0.29) is 16.6 Å². The number of ether oxygens (including phenoxy) is 1. The van der Waals surface area contributed by atoms with Crippen LogP contribution in [0, 0.1) is 0 Å². The quantitative estimate of drug-likeness (QED) is 0.721. The van der Waals surface area contributed by atoms with Crippen LogP contribution in [-0.4, -0.2) is 51.6 Å². The van der Waals surface area contributed by atoms with Crippen molar-refractivity contribution in [2.45, 2.75) is 36.6 Å². The molecular weight excluding hydrogens is 274 g/mol. The van der Waals surface area contributed by atoms with Gasteiger partial charge in [-0.1, -0.05) is 0 Å². The molecule has 100 valence electrons. The van der Waals surface area contributed by atoms with E-state index in [4.69, 9.17) is 16.3 Å². The lowest BCUT2D eigenvalue weighted by atomic mass is 10.1. The summed E-state index contributed by atoms with van der Waals surface area (Å²) >= 11 is 5.94. The van der Waals surface area contributed by atoms with E-state index < -0.39 is 10.8 Å². The zero-order chi connectivity index (χ0) is 12.5. The molecule has 1 N–H and O–H groups in total. The molecule has 3 aliphatic heterocycles. The average Bonchev–Trinajstić information content (AvgIpc) is 2.72. The van der Waals surface area contributed by atoms with Gasteiger partial charge in [0.25, 0.3) is 0 Å². The van der Waals surface area contributed by atoms with Crippen molar-refractivity contribution in [2.24, 2.45) is 9.98 Å². The first-order valence-corrected chi connectivity index (χ1v) is 8.03. The molecule has 3 heterocycles. The Morgan fingerprint density at radius 3 is 2.89 bits per heavy atom. The van der Waals surface area contributed by atoms with Crippen LogP contribution in [0.15, 0.2) is 9.98 Å². The standard InChI is InChI=1S/C11H16ClN3O2S/c12-11-14-8-3-6-18(16)9(8)10(15-11)13-7-1-4-17-5-2-7/h7-9H,1-6H2,(H,13,14,15). The van der Waals surface area contributed by atoms with E-state index in [1.165, 1.54) is 0 Å². The first-order valence-electron chi connectivity index (χ1n) is 6.27. The van der Waals surface area contributed by atoms with E-state index in [1.54, 1.807) is 0 Å². The molecule has 2 fully saturated rings.